The van der Waals surface area contributed by atoms with Crippen LogP contribution < -0.4 is 10.6 Å². The highest BCUT2D eigenvalue weighted by Gasteiger charge is 2.07. The molecule has 112 valence electrons. The predicted molar refractivity (Wildman–Crippen MR) is 89.6 cm³/mol. The standard InChI is InChI=1S/C17H24N4/c1-4-10-18-15-11-16(19-12-13(2)3)21-17(20-15)14-8-6-5-7-9-14/h5-9,11,13H,4,10,12H2,1-3H3,(H2,18,19,20,21). The van der Waals surface area contributed by atoms with E-state index in [9.17, 15) is 0 Å². The van der Waals surface area contributed by atoms with Crippen molar-refractivity contribution in [3.63, 3.8) is 0 Å². The lowest BCUT2D eigenvalue weighted by Crippen LogP contribution is -2.11. The van der Waals surface area contributed by atoms with Gasteiger partial charge in [0.25, 0.3) is 0 Å². The molecule has 2 N–H and O–H groups in total. The molecule has 2 rings (SSSR count). The number of nitrogens with zero attached hydrogens (tertiary/aromatic N) is 2. The van der Waals surface area contributed by atoms with E-state index < -0.39 is 0 Å². The molecule has 0 amide bonds. The van der Waals surface area contributed by atoms with Crippen molar-refractivity contribution in [2.24, 2.45) is 5.92 Å². The fourth-order valence-corrected chi connectivity index (χ4v) is 1.91. The second-order valence-electron chi connectivity index (χ2n) is 5.53. The van der Waals surface area contributed by atoms with Crippen molar-refractivity contribution in [2.75, 3.05) is 23.7 Å². The Labute approximate surface area is 127 Å². The van der Waals surface area contributed by atoms with E-state index in [1.165, 1.54) is 0 Å². The van der Waals surface area contributed by atoms with E-state index in [0.29, 0.717) is 5.92 Å². The minimum atomic E-state index is 0.576. The number of hydrogen-bond donors (Lipinski definition) is 2. The van der Waals surface area contributed by atoms with Crippen LogP contribution in [0.4, 0.5) is 11.6 Å². The lowest BCUT2D eigenvalue weighted by atomic mass is 10.2. The van der Waals surface area contributed by atoms with Crippen LogP contribution >= 0.6 is 0 Å². The van der Waals surface area contributed by atoms with E-state index in [2.05, 4.69) is 41.4 Å². The molecule has 0 aliphatic heterocycles. The average Bonchev–Trinajstić information content (AvgIpc) is 2.51. The largest absolute Gasteiger partial charge is 0.370 e. The van der Waals surface area contributed by atoms with Crippen molar-refractivity contribution in [1.82, 2.24) is 9.97 Å². The van der Waals surface area contributed by atoms with Crippen molar-refractivity contribution in [2.45, 2.75) is 27.2 Å². The molecular formula is C17H24N4. The van der Waals surface area contributed by atoms with Gasteiger partial charge in [0, 0.05) is 24.7 Å². The smallest absolute Gasteiger partial charge is 0.163 e. The van der Waals surface area contributed by atoms with Crippen molar-refractivity contribution < 1.29 is 0 Å². The summed E-state index contributed by atoms with van der Waals surface area (Å²) in [6, 6.07) is 12.1. The Morgan fingerprint density at radius 1 is 1.00 bits per heavy atom. The molecule has 0 aliphatic carbocycles. The summed E-state index contributed by atoms with van der Waals surface area (Å²) in [5.74, 6) is 3.07. The Morgan fingerprint density at radius 3 is 2.29 bits per heavy atom. The minimum Gasteiger partial charge on any atom is -0.370 e. The van der Waals surface area contributed by atoms with Gasteiger partial charge in [-0.05, 0) is 12.3 Å². The quantitative estimate of drug-likeness (QED) is 0.806. The number of anilines is 2. The van der Waals surface area contributed by atoms with Crippen molar-refractivity contribution in [1.29, 1.82) is 0 Å². The predicted octanol–water partition coefficient (Wildman–Crippen LogP) is 4.03. The van der Waals surface area contributed by atoms with Crippen LogP contribution in [0, 0.1) is 5.92 Å². The van der Waals surface area contributed by atoms with Gasteiger partial charge < -0.3 is 10.6 Å². The number of rotatable bonds is 7. The van der Waals surface area contributed by atoms with Crippen molar-refractivity contribution >= 4 is 11.6 Å². The summed E-state index contributed by atoms with van der Waals surface area (Å²) in [5.41, 5.74) is 1.03. The van der Waals surface area contributed by atoms with Crippen LogP contribution in [0.2, 0.25) is 0 Å². The lowest BCUT2D eigenvalue weighted by molar-refractivity contribution is 0.687. The minimum absolute atomic E-state index is 0.576. The van der Waals surface area contributed by atoms with E-state index in [4.69, 9.17) is 0 Å². The molecule has 0 spiro atoms. The van der Waals surface area contributed by atoms with E-state index in [1.807, 2.05) is 36.4 Å². The van der Waals surface area contributed by atoms with Crippen molar-refractivity contribution in [3.8, 4) is 11.4 Å². The van der Waals surface area contributed by atoms with Crippen molar-refractivity contribution in [3.05, 3.63) is 36.4 Å². The number of nitrogens with one attached hydrogen (secondary N) is 2. The van der Waals surface area contributed by atoms with Crippen LogP contribution in [0.25, 0.3) is 11.4 Å². The third kappa shape index (κ3) is 4.74. The molecule has 0 radical (unpaired) electrons. The van der Waals surface area contributed by atoms with E-state index in [-0.39, 0.29) is 0 Å². The molecule has 0 unspecified atom stereocenters. The molecule has 4 nitrogen and oxygen atoms in total. The maximum Gasteiger partial charge on any atom is 0.163 e. The molecule has 0 fully saturated rings. The normalized spacial score (nSPS) is 10.7. The van der Waals surface area contributed by atoms with Gasteiger partial charge in [0.15, 0.2) is 5.82 Å². The SMILES string of the molecule is CCCNc1cc(NCC(C)C)nc(-c2ccccc2)n1. The molecule has 2 aromatic rings. The van der Waals surface area contributed by atoms with Gasteiger partial charge in [-0.1, -0.05) is 51.1 Å². The summed E-state index contributed by atoms with van der Waals surface area (Å²) in [5, 5.41) is 6.72. The van der Waals surface area contributed by atoms with E-state index in [0.717, 1.165) is 42.5 Å². The third-order valence-electron chi connectivity index (χ3n) is 3.01. The van der Waals surface area contributed by atoms with Gasteiger partial charge in [0.1, 0.15) is 11.6 Å². The molecular weight excluding hydrogens is 260 g/mol. The summed E-state index contributed by atoms with van der Waals surface area (Å²) in [6.07, 6.45) is 1.07. The van der Waals surface area contributed by atoms with Gasteiger partial charge in [-0.2, -0.15) is 0 Å². The Morgan fingerprint density at radius 2 is 1.67 bits per heavy atom. The van der Waals surface area contributed by atoms with Crippen LogP contribution in [-0.2, 0) is 0 Å². The number of benzene rings is 1. The highest BCUT2D eigenvalue weighted by Crippen LogP contribution is 2.20. The monoisotopic (exact) mass is 284 g/mol. The van der Waals surface area contributed by atoms with Gasteiger partial charge in [0.05, 0.1) is 0 Å². The zero-order chi connectivity index (χ0) is 15.1. The molecule has 21 heavy (non-hydrogen) atoms. The topological polar surface area (TPSA) is 49.8 Å². The Balaban J connectivity index is 2.28. The molecule has 0 saturated heterocycles. The highest BCUT2D eigenvalue weighted by molar-refractivity contribution is 5.61. The molecule has 0 bridgehead atoms. The Bertz CT molecular complexity index is 552. The maximum atomic E-state index is 4.62. The maximum absolute atomic E-state index is 4.62. The lowest BCUT2D eigenvalue weighted by Gasteiger charge is -2.12. The Kier molecular flexibility index (Phi) is 5.55. The van der Waals surface area contributed by atoms with Crippen LogP contribution in [0.5, 0.6) is 0 Å². The summed E-state index contributed by atoms with van der Waals surface area (Å²) >= 11 is 0. The van der Waals surface area contributed by atoms with Crippen LogP contribution in [0.3, 0.4) is 0 Å². The molecule has 4 heteroatoms. The van der Waals surface area contributed by atoms with Gasteiger partial charge in [-0.15, -0.1) is 0 Å². The molecule has 1 aromatic carbocycles. The number of aromatic nitrogens is 2. The zero-order valence-electron chi connectivity index (χ0n) is 13.1. The second kappa shape index (κ2) is 7.62. The third-order valence-corrected chi connectivity index (χ3v) is 3.01. The fourth-order valence-electron chi connectivity index (χ4n) is 1.91. The summed E-state index contributed by atoms with van der Waals surface area (Å²) in [6.45, 7) is 8.32. The van der Waals surface area contributed by atoms with Gasteiger partial charge in [-0.3, -0.25) is 0 Å². The molecule has 0 aliphatic rings. The summed E-state index contributed by atoms with van der Waals surface area (Å²) in [7, 11) is 0. The van der Waals surface area contributed by atoms with Crippen LogP contribution in [0.15, 0.2) is 36.4 Å². The molecule has 0 saturated carbocycles. The summed E-state index contributed by atoms with van der Waals surface area (Å²) < 4.78 is 0. The average molecular weight is 284 g/mol. The van der Waals surface area contributed by atoms with E-state index in [1.54, 1.807) is 0 Å². The summed E-state index contributed by atoms with van der Waals surface area (Å²) in [4.78, 5) is 9.23. The first kappa shape index (κ1) is 15.3. The first-order valence-electron chi connectivity index (χ1n) is 7.61. The molecule has 0 atom stereocenters. The first-order valence-corrected chi connectivity index (χ1v) is 7.61. The zero-order valence-corrected chi connectivity index (χ0v) is 13.1. The van der Waals surface area contributed by atoms with Gasteiger partial charge in [0.2, 0.25) is 0 Å². The highest BCUT2D eigenvalue weighted by atomic mass is 15.1. The van der Waals surface area contributed by atoms with Gasteiger partial charge in [-0.25, -0.2) is 9.97 Å². The van der Waals surface area contributed by atoms with E-state index >= 15 is 0 Å². The van der Waals surface area contributed by atoms with Gasteiger partial charge >= 0.3 is 0 Å². The Hall–Kier alpha value is -2.10. The fraction of sp³-hybridized carbons (Fsp3) is 0.412. The van der Waals surface area contributed by atoms with Crippen LogP contribution in [0.1, 0.15) is 27.2 Å². The molecule has 1 heterocycles. The first-order chi connectivity index (χ1) is 10.2. The molecule has 1 aromatic heterocycles. The van der Waals surface area contributed by atoms with Crippen LogP contribution in [-0.4, -0.2) is 23.1 Å². The second-order valence-corrected chi connectivity index (χ2v) is 5.53. The number of hydrogen-bond acceptors (Lipinski definition) is 4.